The van der Waals surface area contributed by atoms with Gasteiger partial charge in [-0.05, 0) is 23.6 Å². The van der Waals surface area contributed by atoms with Crippen LogP contribution in [0, 0.1) is 11.3 Å². The van der Waals surface area contributed by atoms with Gasteiger partial charge in [0.25, 0.3) is 0 Å². The van der Waals surface area contributed by atoms with Crippen molar-refractivity contribution < 1.29 is 0 Å². The van der Waals surface area contributed by atoms with Crippen molar-refractivity contribution in [3.05, 3.63) is 0 Å². The van der Waals surface area contributed by atoms with Crippen LogP contribution in [0.4, 0.5) is 0 Å². The number of hydrogen-bond acceptors (Lipinski definition) is 2. The molecule has 1 nitrogen and oxygen atoms in total. The van der Waals surface area contributed by atoms with Crippen molar-refractivity contribution in [1.82, 2.24) is 5.32 Å². The summed E-state index contributed by atoms with van der Waals surface area (Å²) in [6, 6.07) is 0.636. The summed E-state index contributed by atoms with van der Waals surface area (Å²) in [4.78, 5) is 0. The van der Waals surface area contributed by atoms with Crippen molar-refractivity contribution in [3.63, 3.8) is 0 Å². The molecule has 92 valence electrons. The van der Waals surface area contributed by atoms with Crippen LogP contribution in [-0.4, -0.2) is 24.1 Å². The van der Waals surface area contributed by atoms with Crippen molar-refractivity contribution in [3.8, 4) is 0 Å². The van der Waals surface area contributed by atoms with Crippen LogP contribution in [0.25, 0.3) is 0 Å². The van der Waals surface area contributed by atoms with Gasteiger partial charge in [0.1, 0.15) is 0 Å². The number of thioether (sulfide) groups is 1. The number of hydrogen-bond donors (Lipinski definition) is 1. The fourth-order valence-electron chi connectivity index (χ4n) is 1.37. The van der Waals surface area contributed by atoms with E-state index in [2.05, 4.69) is 58.6 Å². The molecule has 0 aliphatic carbocycles. The minimum atomic E-state index is 0.373. The van der Waals surface area contributed by atoms with Crippen LogP contribution >= 0.6 is 11.8 Å². The Kier molecular flexibility index (Phi) is 7.72. The Morgan fingerprint density at radius 1 is 1.13 bits per heavy atom. The Balaban J connectivity index is 3.87. The van der Waals surface area contributed by atoms with Crippen LogP contribution in [0.2, 0.25) is 0 Å². The summed E-state index contributed by atoms with van der Waals surface area (Å²) in [6.45, 7) is 14.9. The van der Waals surface area contributed by atoms with Crippen LogP contribution in [-0.2, 0) is 0 Å². The van der Waals surface area contributed by atoms with Crippen LogP contribution in [0.5, 0.6) is 0 Å². The Hall–Kier alpha value is 0.310. The molecule has 2 unspecified atom stereocenters. The fraction of sp³-hybridized carbons (Fsp3) is 1.00. The lowest BCUT2D eigenvalue weighted by Gasteiger charge is -2.31. The molecule has 0 spiro atoms. The first kappa shape index (κ1) is 15.3. The summed E-state index contributed by atoms with van der Waals surface area (Å²) < 4.78 is 0. The maximum atomic E-state index is 3.59. The van der Waals surface area contributed by atoms with Crippen molar-refractivity contribution >= 4 is 11.8 Å². The normalized spacial score (nSPS) is 16.4. The van der Waals surface area contributed by atoms with Gasteiger partial charge in [-0.3, -0.25) is 0 Å². The van der Waals surface area contributed by atoms with Gasteiger partial charge in [0, 0.05) is 11.8 Å². The molecular formula is C13H29NS. The van der Waals surface area contributed by atoms with Gasteiger partial charge in [-0.2, -0.15) is 11.8 Å². The summed E-state index contributed by atoms with van der Waals surface area (Å²) in [7, 11) is 0. The monoisotopic (exact) mass is 231 g/mol. The highest BCUT2D eigenvalue weighted by Gasteiger charge is 2.23. The molecular weight excluding hydrogens is 202 g/mol. The summed E-state index contributed by atoms with van der Waals surface area (Å²) in [5.41, 5.74) is 0.373. The molecule has 0 aromatic carbocycles. The highest BCUT2D eigenvalue weighted by Crippen LogP contribution is 2.23. The van der Waals surface area contributed by atoms with Gasteiger partial charge in [-0.15, -0.1) is 0 Å². The summed E-state index contributed by atoms with van der Waals surface area (Å²) in [5.74, 6) is 3.40. The lowest BCUT2D eigenvalue weighted by molar-refractivity contribution is 0.295. The minimum absolute atomic E-state index is 0.373. The maximum Gasteiger partial charge on any atom is 0.0206 e. The largest absolute Gasteiger partial charge is 0.313 e. The van der Waals surface area contributed by atoms with E-state index in [1.807, 2.05) is 0 Å². The maximum absolute atomic E-state index is 3.59. The SMILES string of the molecule is CCNC(CSCC(C)CC)C(C)(C)C. The lowest BCUT2D eigenvalue weighted by atomic mass is 9.88. The zero-order valence-corrected chi connectivity index (χ0v) is 12.2. The van der Waals surface area contributed by atoms with E-state index in [-0.39, 0.29) is 0 Å². The molecule has 0 fully saturated rings. The van der Waals surface area contributed by atoms with E-state index in [0.717, 1.165) is 12.5 Å². The predicted octanol–water partition coefficient (Wildman–Crippen LogP) is 3.79. The van der Waals surface area contributed by atoms with Gasteiger partial charge in [0.15, 0.2) is 0 Å². The molecule has 0 bridgehead atoms. The van der Waals surface area contributed by atoms with Crippen LogP contribution in [0.3, 0.4) is 0 Å². The molecule has 0 aliphatic rings. The van der Waals surface area contributed by atoms with Crippen LogP contribution in [0.15, 0.2) is 0 Å². The van der Waals surface area contributed by atoms with E-state index in [1.54, 1.807) is 0 Å². The van der Waals surface area contributed by atoms with Gasteiger partial charge in [0.05, 0.1) is 0 Å². The molecule has 1 N–H and O–H groups in total. The van der Waals surface area contributed by atoms with Crippen molar-refractivity contribution in [2.24, 2.45) is 11.3 Å². The number of nitrogens with one attached hydrogen (secondary N) is 1. The van der Waals surface area contributed by atoms with Crippen LogP contribution < -0.4 is 5.32 Å². The second-order valence-corrected chi connectivity index (χ2v) is 6.60. The number of rotatable bonds is 7. The van der Waals surface area contributed by atoms with Gasteiger partial charge in [0.2, 0.25) is 0 Å². The Morgan fingerprint density at radius 2 is 1.73 bits per heavy atom. The lowest BCUT2D eigenvalue weighted by Crippen LogP contribution is -2.42. The van der Waals surface area contributed by atoms with E-state index in [0.29, 0.717) is 11.5 Å². The Labute approximate surface area is 101 Å². The zero-order chi connectivity index (χ0) is 11.9. The average Bonchev–Trinajstić information content (AvgIpc) is 2.14. The minimum Gasteiger partial charge on any atom is -0.313 e. The van der Waals surface area contributed by atoms with Gasteiger partial charge < -0.3 is 5.32 Å². The second-order valence-electron chi connectivity index (χ2n) is 5.53. The first-order chi connectivity index (χ1) is 6.91. The van der Waals surface area contributed by atoms with Gasteiger partial charge >= 0.3 is 0 Å². The smallest absolute Gasteiger partial charge is 0.0206 e. The molecule has 0 aliphatic heterocycles. The Morgan fingerprint density at radius 3 is 2.13 bits per heavy atom. The molecule has 0 rings (SSSR count). The van der Waals surface area contributed by atoms with E-state index < -0.39 is 0 Å². The molecule has 0 aromatic heterocycles. The highest BCUT2D eigenvalue weighted by atomic mass is 32.2. The van der Waals surface area contributed by atoms with Gasteiger partial charge in [-0.1, -0.05) is 48.0 Å². The molecule has 15 heavy (non-hydrogen) atoms. The summed E-state index contributed by atoms with van der Waals surface area (Å²) in [6.07, 6.45) is 1.30. The van der Waals surface area contributed by atoms with E-state index in [4.69, 9.17) is 0 Å². The average molecular weight is 231 g/mol. The molecule has 0 saturated heterocycles. The first-order valence-electron chi connectivity index (χ1n) is 6.22. The highest BCUT2D eigenvalue weighted by molar-refractivity contribution is 7.99. The first-order valence-corrected chi connectivity index (χ1v) is 7.38. The third-order valence-corrected chi connectivity index (χ3v) is 4.25. The van der Waals surface area contributed by atoms with E-state index in [9.17, 15) is 0 Å². The molecule has 0 radical (unpaired) electrons. The summed E-state index contributed by atoms with van der Waals surface area (Å²) in [5, 5.41) is 3.59. The molecule has 2 heteroatoms. The molecule has 0 heterocycles. The fourth-order valence-corrected chi connectivity index (χ4v) is 2.99. The van der Waals surface area contributed by atoms with Crippen molar-refractivity contribution in [2.45, 2.75) is 54.0 Å². The third-order valence-electron chi connectivity index (χ3n) is 2.88. The van der Waals surface area contributed by atoms with Crippen LogP contribution in [0.1, 0.15) is 48.0 Å². The van der Waals surface area contributed by atoms with E-state index >= 15 is 0 Å². The molecule has 2 atom stereocenters. The zero-order valence-electron chi connectivity index (χ0n) is 11.4. The summed E-state index contributed by atoms with van der Waals surface area (Å²) >= 11 is 2.10. The standard InChI is InChI=1S/C13H29NS/c1-7-11(3)9-15-10-12(14-8-2)13(4,5)6/h11-12,14H,7-10H2,1-6H3. The predicted molar refractivity (Wildman–Crippen MR) is 73.7 cm³/mol. The second kappa shape index (κ2) is 7.56. The van der Waals surface area contributed by atoms with Gasteiger partial charge in [-0.25, -0.2) is 0 Å². The quantitative estimate of drug-likeness (QED) is 0.715. The molecule has 0 amide bonds. The molecule has 0 saturated carbocycles. The third kappa shape index (κ3) is 7.24. The van der Waals surface area contributed by atoms with Crippen molar-refractivity contribution in [2.75, 3.05) is 18.1 Å². The topological polar surface area (TPSA) is 12.0 Å². The van der Waals surface area contributed by atoms with Crippen molar-refractivity contribution in [1.29, 1.82) is 0 Å². The van der Waals surface area contributed by atoms with E-state index in [1.165, 1.54) is 17.9 Å². The Bertz CT molecular complexity index is 151. The molecule has 0 aromatic rings.